The van der Waals surface area contributed by atoms with Crippen molar-refractivity contribution in [3.05, 3.63) is 59.7 Å². The number of hydrogen-bond donors (Lipinski definition) is 3. The van der Waals surface area contributed by atoms with Crippen molar-refractivity contribution in [2.24, 2.45) is 0 Å². The standard InChI is InChI=1S/C25H31NO6S/c1-25(2,3)32-23(29)22(15-33-14-16(28)12-27)26-24(30)31-13-21-19-10-6-4-8-17(19)18-9-5-7-11-20(18)21/h4-11,16,21-22,27-28H,12-15H2,1-3H3,(H,26,30)/t16-,22?/m0/s1. The Balaban J connectivity index is 1.64. The third-order valence-corrected chi connectivity index (χ3v) is 6.32. The Bertz CT molecular complexity index is 928. The first-order valence-electron chi connectivity index (χ1n) is 10.9. The van der Waals surface area contributed by atoms with Gasteiger partial charge in [-0.1, -0.05) is 48.5 Å². The van der Waals surface area contributed by atoms with E-state index in [1.165, 1.54) is 11.8 Å². The largest absolute Gasteiger partial charge is 0.458 e. The van der Waals surface area contributed by atoms with Crippen LogP contribution in [0, 0.1) is 0 Å². The van der Waals surface area contributed by atoms with Crippen molar-refractivity contribution in [1.29, 1.82) is 0 Å². The molecule has 1 amide bonds. The van der Waals surface area contributed by atoms with Crippen molar-refractivity contribution >= 4 is 23.8 Å². The summed E-state index contributed by atoms with van der Waals surface area (Å²) in [6.45, 7) is 5.01. The number of ether oxygens (including phenoxy) is 2. The van der Waals surface area contributed by atoms with Gasteiger partial charge in [-0.15, -0.1) is 0 Å². The normalized spacial score (nSPS) is 14.7. The number of benzene rings is 2. The molecule has 178 valence electrons. The smallest absolute Gasteiger partial charge is 0.407 e. The molecule has 2 aromatic rings. The molecule has 2 atom stereocenters. The van der Waals surface area contributed by atoms with E-state index in [-0.39, 0.29) is 30.6 Å². The van der Waals surface area contributed by atoms with Crippen LogP contribution < -0.4 is 5.32 Å². The van der Waals surface area contributed by atoms with Crippen LogP contribution in [-0.4, -0.2) is 64.7 Å². The van der Waals surface area contributed by atoms with E-state index in [1.807, 2.05) is 36.4 Å². The molecule has 33 heavy (non-hydrogen) atoms. The maximum absolute atomic E-state index is 12.6. The number of hydrogen-bond acceptors (Lipinski definition) is 7. The maximum atomic E-state index is 12.6. The molecule has 1 unspecified atom stereocenters. The van der Waals surface area contributed by atoms with Gasteiger partial charge >= 0.3 is 12.1 Å². The fourth-order valence-corrected chi connectivity index (χ4v) is 4.67. The van der Waals surface area contributed by atoms with Gasteiger partial charge in [-0.05, 0) is 43.0 Å². The molecule has 1 aliphatic carbocycles. The van der Waals surface area contributed by atoms with Gasteiger partial charge in [0.25, 0.3) is 0 Å². The topological polar surface area (TPSA) is 105 Å². The van der Waals surface area contributed by atoms with Gasteiger partial charge < -0.3 is 25.0 Å². The molecule has 1 aliphatic rings. The zero-order valence-electron chi connectivity index (χ0n) is 19.1. The highest BCUT2D eigenvalue weighted by molar-refractivity contribution is 7.99. The number of nitrogens with one attached hydrogen (secondary N) is 1. The lowest BCUT2D eigenvalue weighted by atomic mass is 9.98. The zero-order chi connectivity index (χ0) is 24.0. The summed E-state index contributed by atoms with van der Waals surface area (Å²) in [5, 5.41) is 21.1. The molecule has 0 saturated carbocycles. The first-order chi connectivity index (χ1) is 15.7. The van der Waals surface area contributed by atoms with E-state index in [0.29, 0.717) is 0 Å². The molecular weight excluding hydrogens is 442 g/mol. The van der Waals surface area contributed by atoms with Crippen molar-refractivity contribution in [3.8, 4) is 11.1 Å². The number of carbonyl (C=O) groups excluding carboxylic acids is 2. The summed E-state index contributed by atoms with van der Waals surface area (Å²) in [6, 6.07) is 15.2. The van der Waals surface area contributed by atoms with E-state index in [0.717, 1.165) is 22.3 Å². The fourth-order valence-electron chi connectivity index (χ4n) is 3.70. The van der Waals surface area contributed by atoms with Crippen LogP contribution in [0.25, 0.3) is 11.1 Å². The Morgan fingerprint density at radius 2 is 1.61 bits per heavy atom. The van der Waals surface area contributed by atoms with E-state index < -0.39 is 29.8 Å². The number of rotatable bonds is 9. The highest BCUT2D eigenvalue weighted by Crippen LogP contribution is 2.44. The average molecular weight is 474 g/mol. The predicted molar refractivity (Wildman–Crippen MR) is 128 cm³/mol. The average Bonchev–Trinajstić information content (AvgIpc) is 3.09. The highest BCUT2D eigenvalue weighted by Gasteiger charge is 2.31. The number of carbonyl (C=O) groups is 2. The van der Waals surface area contributed by atoms with Crippen molar-refractivity contribution in [1.82, 2.24) is 5.32 Å². The molecule has 0 bridgehead atoms. The van der Waals surface area contributed by atoms with E-state index in [9.17, 15) is 14.7 Å². The van der Waals surface area contributed by atoms with Crippen LogP contribution in [0.2, 0.25) is 0 Å². The third-order valence-electron chi connectivity index (χ3n) is 5.13. The second kappa shape index (κ2) is 11.0. The first-order valence-corrected chi connectivity index (χ1v) is 12.1. The summed E-state index contributed by atoms with van der Waals surface area (Å²) < 4.78 is 11.0. The minimum atomic E-state index is -0.948. The molecule has 7 nitrogen and oxygen atoms in total. The molecule has 0 aromatic heterocycles. The quantitative estimate of drug-likeness (QED) is 0.480. The highest BCUT2D eigenvalue weighted by atomic mass is 32.2. The third kappa shape index (κ3) is 6.72. The number of amides is 1. The van der Waals surface area contributed by atoms with Gasteiger partial charge in [0, 0.05) is 17.4 Å². The summed E-state index contributed by atoms with van der Waals surface area (Å²) in [5.41, 5.74) is 3.75. The van der Waals surface area contributed by atoms with Crippen LogP contribution in [0.15, 0.2) is 48.5 Å². The van der Waals surface area contributed by atoms with Gasteiger partial charge in [-0.3, -0.25) is 0 Å². The van der Waals surface area contributed by atoms with Crippen LogP contribution in [0.1, 0.15) is 37.8 Å². The number of alkyl carbamates (subject to hydrolysis) is 1. The van der Waals surface area contributed by atoms with Crippen LogP contribution in [0.5, 0.6) is 0 Å². The monoisotopic (exact) mass is 473 g/mol. The van der Waals surface area contributed by atoms with Gasteiger partial charge in [0.1, 0.15) is 18.2 Å². The second-order valence-corrected chi connectivity index (χ2v) is 10.0. The summed E-state index contributed by atoms with van der Waals surface area (Å²) in [6.07, 6.45) is -1.61. The molecular formula is C25H31NO6S. The molecule has 0 fully saturated rings. The summed E-state index contributed by atoms with van der Waals surface area (Å²) in [4.78, 5) is 25.2. The second-order valence-electron chi connectivity index (χ2n) is 8.93. The lowest BCUT2D eigenvalue weighted by Crippen LogP contribution is -2.46. The predicted octanol–water partition coefficient (Wildman–Crippen LogP) is 3.32. The first kappa shape index (κ1) is 25.1. The molecule has 0 saturated heterocycles. The SMILES string of the molecule is CC(C)(C)OC(=O)C(CSC[C@@H](O)CO)NC(=O)OCC1c2ccccc2-c2ccccc21. The molecule has 0 radical (unpaired) electrons. The minimum absolute atomic E-state index is 0.0859. The Labute approximate surface area is 198 Å². The molecule has 2 aromatic carbocycles. The van der Waals surface area contributed by atoms with Crippen molar-refractivity contribution in [2.45, 2.75) is 44.4 Å². The minimum Gasteiger partial charge on any atom is -0.458 e. The van der Waals surface area contributed by atoms with E-state index in [1.54, 1.807) is 20.8 Å². The Morgan fingerprint density at radius 1 is 1.03 bits per heavy atom. The van der Waals surface area contributed by atoms with E-state index in [4.69, 9.17) is 14.6 Å². The lowest BCUT2D eigenvalue weighted by molar-refractivity contribution is -0.156. The Kier molecular flexibility index (Phi) is 8.40. The van der Waals surface area contributed by atoms with Gasteiger partial charge in [-0.2, -0.15) is 11.8 Å². The summed E-state index contributed by atoms with van der Waals surface area (Å²) >= 11 is 1.23. The summed E-state index contributed by atoms with van der Waals surface area (Å²) in [5.74, 6) is -0.266. The number of esters is 1. The van der Waals surface area contributed by atoms with Crippen LogP contribution in [-0.2, 0) is 14.3 Å². The van der Waals surface area contributed by atoms with Gasteiger partial charge in [0.2, 0.25) is 0 Å². The number of thioether (sulfide) groups is 1. The summed E-state index contributed by atoms with van der Waals surface area (Å²) in [7, 11) is 0. The fraction of sp³-hybridized carbons (Fsp3) is 0.440. The molecule has 3 N–H and O–H groups in total. The van der Waals surface area contributed by atoms with Crippen molar-refractivity contribution in [3.63, 3.8) is 0 Å². The van der Waals surface area contributed by atoms with E-state index >= 15 is 0 Å². The number of fused-ring (bicyclic) bond motifs is 3. The molecule has 3 rings (SSSR count). The van der Waals surface area contributed by atoms with Gasteiger partial charge in [-0.25, -0.2) is 9.59 Å². The van der Waals surface area contributed by atoms with Crippen LogP contribution in [0.4, 0.5) is 4.79 Å². The Morgan fingerprint density at radius 3 is 2.15 bits per heavy atom. The van der Waals surface area contributed by atoms with Crippen LogP contribution in [0.3, 0.4) is 0 Å². The molecule has 0 spiro atoms. The van der Waals surface area contributed by atoms with Crippen LogP contribution >= 0.6 is 11.8 Å². The zero-order valence-corrected chi connectivity index (χ0v) is 19.9. The molecule has 8 heteroatoms. The number of aliphatic hydroxyl groups excluding tert-OH is 2. The number of aliphatic hydroxyl groups is 2. The van der Waals surface area contributed by atoms with Crippen molar-refractivity contribution in [2.75, 3.05) is 24.7 Å². The maximum Gasteiger partial charge on any atom is 0.407 e. The lowest BCUT2D eigenvalue weighted by Gasteiger charge is -2.24. The molecule has 0 heterocycles. The van der Waals surface area contributed by atoms with Gasteiger partial charge in [0.05, 0.1) is 12.7 Å². The molecule has 0 aliphatic heterocycles. The van der Waals surface area contributed by atoms with Gasteiger partial charge in [0.15, 0.2) is 0 Å². The Hall–Kier alpha value is -2.55. The van der Waals surface area contributed by atoms with Crippen molar-refractivity contribution < 1.29 is 29.3 Å². The van der Waals surface area contributed by atoms with E-state index in [2.05, 4.69) is 17.4 Å².